The van der Waals surface area contributed by atoms with Gasteiger partial charge in [-0.05, 0) is 19.1 Å². The lowest BCUT2D eigenvalue weighted by Gasteiger charge is -2.38. The van der Waals surface area contributed by atoms with E-state index in [4.69, 9.17) is 9.47 Å². The third kappa shape index (κ3) is 3.56. The summed E-state index contributed by atoms with van der Waals surface area (Å²) < 4.78 is 11.0. The Labute approximate surface area is 140 Å². The van der Waals surface area contributed by atoms with E-state index in [2.05, 4.69) is 15.3 Å². The maximum absolute atomic E-state index is 12.3. The van der Waals surface area contributed by atoms with Crippen molar-refractivity contribution in [2.24, 2.45) is 0 Å². The molecule has 0 aliphatic carbocycles. The topological polar surface area (TPSA) is 76.6 Å². The van der Waals surface area contributed by atoms with E-state index >= 15 is 0 Å². The van der Waals surface area contributed by atoms with Gasteiger partial charge in [-0.15, -0.1) is 0 Å². The van der Waals surface area contributed by atoms with Gasteiger partial charge in [0.15, 0.2) is 0 Å². The summed E-state index contributed by atoms with van der Waals surface area (Å²) in [6.07, 6.45) is 3.08. The molecule has 0 saturated carbocycles. The minimum Gasteiger partial charge on any atom is -0.497 e. The minimum absolute atomic E-state index is 0.0111. The van der Waals surface area contributed by atoms with E-state index in [0.29, 0.717) is 24.6 Å². The zero-order valence-electron chi connectivity index (χ0n) is 13.7. The number of ether oxygens (including phenoxy) is 2. The number of anilines is 1. The molecule has 3 rings (SSSR count). The first-order chi connectivity index (χ1) is 11.7. The number of benzene rings is 1. The summed E-state index contributed by atoms with van der Waals surface area (Å²) in [6, 6.07) is 7.44. The van der Waals surface area contributed by atoms with E-state index in [1.54, 1.807) is 24.4 Å². The van der Waals surface area contributed by atoms with Crippen molar-refractivity contribution in [3.05, 3.63) is 42.2 Å². The standard InChI is InChI=1S/C17H20N4O3/c1-3-18-17-19-8-12(9-20-17)16(22)21-10-15(11-21)24-14-6-4-5-13(7-14)23-2/h4-9,15H,3,10-11H2,1-2H3,(H,18,19,20). The van der Waals surface area contributed by atoms with Crippen molar-refractivity contribution in [3.63, 3.8) is 0 Å². The van der Waals surface area contributed by atoms with Gasteiger partial charge < -0.3 is 19.7 Å². The number of likely N-dealkylation sites (tertiary alicyclic amines) is 1. The van der Waals surface area contributed by atoms with Gasteiger partial charge in [0.05, 0.1) is 25.8 Å². The maximum Gasteiger partial charge on any atom is 0.257 e. The van der Waals surface area contributed by atoms with Crippen molar-refractivity contribution in [2.75, 3.05) is 32.1 Å². The molecule has 1 saturated heterocycles. The van der Waals surface area contributed by atoms with Crippen LogP contribution in [0.1, 0.15) is 17.3 Å². The van der Waals surface area contributed by atoms with Crippen molar-refractivity contribution < 1.29 is 14.3 Å². The van der Waals surface area contributed by atoms with Crippen LogP contribution in [0.15, 0.2) is 36.7 Å². The van der Waals surface area contributed by atoms with Crippen LogP contribution in [0.5, 0.6) is 11.5 Å². The molecule has 1 amide bonds. The number of rotatable bonds is 6. The fourth-order valence-electron chi connectivity index (χ4n) is 2.42. The Morgan fingerprint density at radius 1 is 1.29 bits per heavy atom. The predicted octanol–water partition coefficient (Wildman–Crippen LogP) is 1.82. The zero-order chi connectivity index (χ0) is 16.9. The highest BCUT2D eigenvalue weighted by atomic mass is 16.5. The molecule has 24 heavy (non-hydrogen) atoms. The number of nitrogens with one attached hydrogen (secondary N) is 1. The second-order valence-electron chi connectivity index (χ2n) is 5.45. The van der Waals surface area contributed by atoms with Crippen LogP contribution < -0.4 is 14.8 Å². The summed E-state index contributed by atoms with van der Waals surface area (Å²) in [5.41, 5.74) is 0.483. The van der Waals surface area contributed by atoms with Gasteiger partial charge in [-0.1, -0.05) is 6.07 Å². The molecule has 1 aromatic heterocycles. The number of carbonyl (C=O) groups excluding carboxylic acids is 1. The fourth-order valence-corrected chi connectivity index (χ4v) is 2.42. The average Bonchev–Trinajstić information content (AvgIpc) is 2.58. The molecule has 0 unspecified atom stereocenters. The normalized spacial score (nSPS) is 14.0. The molecule has 2 aromatic rings. The molecular formula is C17H20N4O3. The molecular weight excluding hydrogens is 308 g/mol. The quantitative estimate of drug-likeness (QED) is 0.872. The predicted molar refractivity (Wildman–Crippen MR) is 89.5 cm³/mol. The first-order valence-corrected chi connectivity index (χ1v) is 7.85. The zero-order valence-corrected chi connectivity index (χ0v) is 13.7. The Balaban J connectivity index is 1.52. The molecule has 1 aromatic carbocycles. The molecule has 0 bridgehead atoms. The lowest BCUT2D eigenvalue weighted by Crippen LogP contribution is -2.56. The molecule has 1 N–H and O–H groups in total. The Bertz CT molecular complexity index is 699. The molecule has 7 heteroatoms. The van der Waals surface area contributed by atoms with Gasteiger partial charge >= 0.3 is 0 Å². The van der Waals surface area contributed by atoms with E-state index in [1.165, 1.54) is 0 Å². The van der Waals surface area contributed by atoms with E-state index in [0.717, 1.165) is 18.0 Å². The smallest absolute Gasteiger partial charge is 0.257 e. The van der Waals surface area contributed by atoms with Gasteiger partial charge in [0.25, 0.3) is 5.91 Å². The molecule has 2 heterocycles. The number of hydrogen-bond acceptors (Lipinski definition) is 6. The van der Waals surface area contributed by atoms with Crippen molar-refractivity contribution >= 4 is 11.9 Å². The molecule has 126 valence electrons. The number of aromatic nitrogens is 2. The highest BCUT2D eigenvalue weighted by Crippen LogP contribution is 2.23. The maximum atomic E-state index is 12.3. The molecule has 1 aliphatic rings. The van der Waals surface area contributed by atoms with Gasteiger partial charge in [-0.2, -0.15) is 0 Å². The van der Waals surface area contributed by atoms with E-state index in [-0.39, 0.29) is 12.0 Å². The van der Waals surface area contributed by atoms with Crippen LogP contribution in [0.2, 0.25) is 0 Å². The Kier molecular flexibility index (Phi) is 4.79. The van der Waals surface area contributed by atoms with E-state index in [9.17, 15) is 4.79 Å². The van der Waals surface area contributed by atoms with Crippen LogP contribution in [0, 0.1) is 0 Å². The van der Waals surface area contributed by atoms with Crippen LogP contribution >= 0.6 is 0 Å². The Hall–Kier alpha value is -2.83. The Morgan fingerprint density at radius 2 is 2.00 bits per heavy atom. The van der Waals surface area contributed by atoms with Crippen LogP contribution in [-0.2, 0) is 0 Å². The van der Waals surface area contributed by atoms with Gasteiger partial charge in [0.2, 0.25) is 5.95 Å². The summed E-state index contributed by atoms with van der Waals surface area (Å²) in [6.45, 7) is 3.80. The number of amides is 1. The molecule has 1 fully saturated rings. The molecule has 7 nitrogen and oxygen atoms in total. The second-order valence-corrected chi connectivity index (χ2v) is 5.45. The molecule has 0 atom stereocenters. The van der Waals surface area contributed by atoms with Crippen molar-refractivity contribution in [1.82, 2.24) is 14.9 Å². The van der Waals surface area contributed by atoms with Crippen LogP contribution in [0.3, 0.4) is 0 Å². The SMILES string of the molecule is CCNc1ncc(C(=O)N2CC(Oc3cccc(OC)c3)C2)cn1. The number of hydrogen-bond donors (Lipinski definition) is 1. The van der Waals surface area contributed by atoms with Crippen molar-refractivity contribution in [3.8, 4) is 11.5 Å². The lowest BCUT2D eigenvalue weighted by molar-refractivity contribution is 0.0176. The summed E-state index contributed by atoms with van der Waals surface area (Å²) in [4.78, 5) is 22.3. The van der Waals surface area contributed by atoms with Crippen LogP contribution in [0.4, 0.5) is 5.95 Å². The summed E-state index contributed by atoms with van der Waals surface area (Å²) in [5, 5.41) is 3.00. The Morgan fingerprint density at radius 3 is 2.67 bits per heavy atom. The third-order valence-corrected chi connectivity index (χ3v) is 3.71. The van der Waals surface area contributed by atoms with Gasteiger partial charge in [0.1, 0.15) is 17.6 Å². The van der Waals surface area contributed by atoms with Crippen molar-refractivity contribution in [2.45, 2.75) is 13.0 Å². The number of methoxy groups -OCH3 is 1. The van der Waals surface area contributed by atoms with Gasteiger partial charge in [0, 0.05) is 25.0 Å². The van der Waals surface area contributed by atoms with E-state index in [1.807, 2.05) is 31.2 Å². The largest absolute Gasteiger partial charge is 0.497 e. The van der Waals surface area contributed by atoms with Crippen molar-refractivity contribution in [1.29, 1.82) is 0 Å². The fraction of sp³-hybridized carbons (Fsp3) is 0.353. The summed E-state index contributed by atoms with van der Waals surface area (Å²) in [7, 11) is 1.62. The minimum atomic E-state index is -0.0801. The summed E-state index contributed by atoms with van der Waals surface area (Å²) >= 11 is 0. The number of nitrogens with zero attached hydrogens (tertiary/aromatic N) is 3. The first kappa shape index (κ1) is 16.0. The first-order valence-electron chi connectivity index (χ1n) is 7.85. The van der Waals surface area contributed by atoms with Crippen LogP contribution in [0.25, 0.3) is 0 Å². The van der Waals surface area contributed by atoms with Gasteiger partial charge in [-0.25, -0.2) is 9.97 Å². The van der Waals surface area contributed by atoms with Gasteiger partial charge in [-0.3, -0.25) is 4.79 Å². The molecule has 0 radical (unpaired) electrons. The second kappa shape index (κ2) is 7.16. The summed E-state index contributed by atoms with van der Waals surface area (Å²) in [5.74, 6) is 1.93. The molecule has 0 spiro atoms. The monoisotopic (exact) mass is 328 g/mol. The lowest BCUT2D eigenvalue weighted by atomic mass is 10.1. The third-order valence-electron chi connectivity index (χ3n) is 3.71. The molecule has 1 aliphatic heterocycles. The van der Waals surface area contributed by atoms with E-state index < -0.39 is 0 Å². The average molecular weight is 328 g/mol. The number of carbonyl (C=O) groups is 1. The highest BCUT2D eigenvalue weighted by Gasteiger charge is 2.33. The van der Waals surface area contributed by atoms with Crippen LogP contribution in [-0.4, -0.2) is 53.6 Å². The highest BCUT2D eigenvalue weighted by molar-refractivity contribution is 5.94.